The lowest BCUT2D eigenvalue weighted by molar-refractivity contribution is -0.387. The molecule has 2 aromatic rings. The van der Waals surface area contributed by atoms with Crippen molar-refractivity contribution in [1.29, 1.82) is 0 Å². The van der Waals surface area contributed by atoms with Gasteiger partial charge in [-0.25, -0.2) is 9.78 Å². The molecule has 0 N–H and O–H groups in total. The SMILES string of the molecule is COC(=O)c1ccc([N+](=O)[O-])c(Sc2nccs2)c1. The number of rotatable bonds is 4. The number of nitro benzene ring substituents is 1. The summed E-state index contributed by atoms with van der Waals surface area (Å²) in [7, 11) is 1.26. The number of nitrogens with zero attached hydrogens (tertiary/aromatic N) is 2. The molecule has 0 aliphatic carbocycles. The van der Waals surface area contributed by atoms with E-state index in [0.29, 0.717) is 9.24 Å². The number of hydrogen-bond acceptors (Lipinski definition) is 7. The summed E-state index contributed by atoms with van der Waals surface area (Å²) >= 11 is 2.52. The summed E-state index contributed by atoms with van der Waals surface area (Å²) in [4.78, 5) is 26.3. The molecule has 2 rings (SSSR count). The van der Waals surface area contributed by atoms with Crippen LogP contribution in [0.4, 0.5) is 5.69 Å². The van der Waals surface area contributed by atoms with E-state index in [4.69, 9.17) is 0 Å². The van der Waals surface area contributed by atoms with Crippen molar-refractivity contribution in [2.75, 3.05) is 7.11 Å². The molecular formula is C11H8N2O4S2. The van der Waals surface area contributed by atoms with Crippen LogP contribution in [0.15, 0.2) is 39.0 Å². The molecule has 1 aromatic heterocycles. The number of methoxy groups -OCH3 is 1. The number of carbonyl (C=O) groups excluding carboxylic acids is 1. The first-order valence-electron chi connectivity index (χ1n) is 5.06. The van der Waals surface area contributed by atoms with Gasteiger partial charge in [0.25, 0.3) is 5.69 Å². The Bertz CT molecular complexity index is 613. The lowest BCUT2D eigenvalue weighted by Crippen LogP contribution is -2.02. The van der Waals surface area contributed by atoms with E-state index < -0.39 is 10.9 Å². The van der Waals surface area contributed by atoms with E-state index in [-0.39, 0.29) is 11.3 Å². The Hall–Kier alpha value is -1.93. The van der Waals surface area contributed by atoms with Gasteiger partial charge in [-0.3, -0.25) is 10.1 Å². The van der Waals surface area contributed by atoms with E-state index in [1.165, 1.54) is 36.6 Å². The fraction of sp³-hybridized carbons (Fsp3) is 0.0909. The number of aromatic nitrogens is 1. The van der Waals surface area contributed by atoms with Crippen LogP contribution in [0, 0.1) is 10.1 Å². The normalized spacial score (nSPS) is 10.2. The van der Waals surface area contributed by atoms with E-state index in [2.05, 4.69) is 9.72 Å². The Balaban J connectivity index is 2.41. The Labute approximate surface area is 116 Å². The van der Waals surface area contributed by atoms with E-state index >= 15 is 0 Å². The zero-order chi connectivity index (χ0) is 13.8. The van der Waals surface area contributed by atoms with Gasteiger partial charge in [0.15, 0.2) is 4.34 Å². The summed E-state index contributed by atoms with van der Waals surface area (Å²) in [5.41, 5.74) is 0.208. The van der Waals surface area contributed by atoms with Gasteiger partial charge < -0.3 is 4.74 Å². The van der Waals surface area contributed by atoms with Crippen LogP contribution in [0.1, 0.15) is 10.4 Å². The highest BCUT2D eigenvalue weighted by atomic mass is 32.2. The van der Waals surface area contributed by atoms with Crippen molar-refractivity contribution in [3.63, 3.8) is 0 Å². The van der Waals surface area contributed by atoms with Crippen molar-refractivity contribution in [2.24, 2.45) is 0 Å². The van der Waals surface area contributed by atoms with Crippen molar-refractivity contribution in [1.82, 2.24) is 4.98 Å². The highest BCUT2D eigenvalue weighted by molar-refractivity contribution is 8.01. The molecule has 0 bridgehead atoms. The maximum absolute atomic E-state index is 11.4. The largest absolute Gasteiger partial charge is 0.465 e. The van der Waals surface area contributed by atoms with Crippen LogP contribution in [0.25, 0.3) is 0 Å². The quantitative estimate of drug-likeness (QED) is 0.490. The van der Waals surface area contributed by atoms with Crippen LogP contribution in [-0.2, 0) is 4.74 Å². The molecule has 0 amide bonds. The molecule has 0 radical (unpaired) electrons. The Kier molecular flexibility index (Phi) is 4.13. The summed E-state index contributed by atoms with van der Waals surface area (Å²) in [6, 6.07) is 4.11. The zero-order valence-corrected chi connectivity index (χ0v) is 11.4. The third-order valence-electron chi connectivity index (χ3n) is 2.18. The van der Waals surface area contributed by atoms with Gasteiger partial charge in [-0.15, -0.1) is 11.3 Å². The van der Waals surface area contributed by atoms with E-state index in [9.17, 15) is 14.9 Å². The molecule has 1 heterocycles. The summed E-state index contributed by atoms with van der Waals surface area (Å²) in [6.07, 6.45) is 1.61. The third kappa shape index (κ3) is 3.09. The smallest absolute Gasteiger partial charge is 0.337 e. The highest BCUT2D eigenvalue weighted by Gasteiger charge is 2.18. The van der Waals surface area contributed by atoms with Gasteiger partial charge in [0, 0.05) is 17.6 Å². The molecule has 0 unspecified atom stereocenters. The maximum Gasteiger partial charge on any atom is 0.337 e. The molecule has 0 spiro atoms. The maximum atomic E-state index is 11.4. The molecule has 6 nitrogen and oxygen atoms in total. The number of esters is 1. The number of hydrogen-bond donors (Lipinski definition) is 0. The topological polar surface area (TPSA) is 82.3 Å². The molecule has 1 aromatic carbocycles. The number of nitro groups is 1. The lowest BCUT2D eigenvalue weighted by atomic mass is 10.2. The minimum atomic E-state index is -0.532. The molecule has 98 valence electrons. The summed E-state index contributed by atoms with van der Waals surface area (Å²) < 4.78 is 5.27. The number of benzene rings is 1. The molecule has 0 atom stereocenters. The van der Waals surface area contributed by atoms with Crippen LogP contribution in [0.2, 0.25) is 0 Å². The van der Waals surface area contributed by atoms with Crippen LogP contribution in [0.3, 0.4) is 0 Å². The first-order chi connectivity index (χ1) is 9.11. The Morgan fingerprint density at radius 2 is 2.32 bits per heavy atom. The van der Waals surface area contributed by atoms with E-state index in [0.717, 1.165) is 11.8 Å². The molecule has 0 aliphatic rings. The number of carbonyl (C=O) groups is 1. The lowest BCUT2D eigenvalue weighted by Gasteiger charge is -2.03. The fourth-order valence-electron chi connectivity index (χ4n) is 1.35. The molecule has 0 saturated heterocycles. The Morgan fingerprint density at radius 1 is 1.53 bits per heavy atom. The van der Waals surface area contributed by atoms with Crippen LogP contribution < -0.4 is 0 Å². The second-order valence-corrected chi connectivity index (χ2v) is 5.51. The summed E-state index contributed by atoms with van der Waals surface area (Å²) in [6.45, 7) is 0. The minimum Gasteiger partial charge on any atom is -0.465 e. The average Bonchev–Trinajstić information content (AvgIpc) is 2.90. The third-order valence-corrected chi connectivity index (χ3v) is 4.11. The van der Waals surface area contributed by atoms with Gasteiger partial charge in [0.1, 0.15) is 0 Å². The summed E-state index contributed by atoms with van der Waals surface area (Å²) in [5, 5.41) is 12.7. The molecule has 0 aliphatic heterocycles. The van der Waals surface area contributed by atoms with Crippen molar-refractivity contribution >= 4 is 34.8 Å². The molecular weight excluding hydrogens is 288 g/mol. The average molecular weight is 296 g/mol. The zero-order valence-electron chi connectivity index (χ0n) is 9.73. The second kappa shape index (κ2) is 5.81. The van der Waals surface area contributed by atoms with E-state index in [1.54, 1.807) is 11.6 Å². The first-order valence-corrected chi connectivity index (χ1v) is 6.75. The van der Waals surface area contributed by atoms with Crippen molar-refractivity contribution < 1.29 is 14.5 Å². The second-order valence-electron chi connectivity index (χ2n) is 3.33. The van der Waals surface area contributed by atoms with Crippen molar-refractivity contribution in [2.45, 2.75) is 9.24 Å². The number of ether oxygens (including phenoxy) is 1. The molecule has 19 heavy (non-hydrogen) atoms. The first kappa shape index (κ1) is 13.5. The molecule has 0 fully saturated rings. The predicted octanol–water partition coefficient (Wildman–Crippen LogP) is 2.99. The van der Waals surface area contributed by atoms with Crippen molar-refractivity contribution in [3.8, 4) is 0 Å². The van der Waals surface area contributed by atoms with Gasteiger partial charge in [-0.2, -0.15) is 0 Å². The van der Waals surface area contributed by atoms with Crippen LogP contribution in [-0.4, -0.2) is 23.0 Å². The van der Waals surface area contributed by atoms with Gasteiger partial charge in [-0.1, -0.05) is 11.8 Å². The van der Waals surface area contributed by atoms with Gasteiger partial charge in [0.05, 0.1) is 22.5 Å². The van der Waals surface area contributed by atoms with Gasteiger partial charge >= 0.3 is 5.97 Å². The van der Waals surface area contributed by atoms with E-state index in [1.807, 2.05) is 0 Å². The standard InChI is InChI=1S/C11H8N2O4S2/c1-17-10(14)7-2-3-8(13(15)16)9(6-7)19-11-12-4-5-18-11/h2-6H,1H3. The number of thiazole rings is 1. The van der Waals surface area contributed by atoms with Crippen molar-refractivity contribution in [3.05, 3.63) is 45.5 Å². The monoisotopic (exact) mass is 296 g/mol. The van der Waals surface area contributed by atoms with Crippen LogP contribution >= 0.6 is 23.1 Å². The molecule has 0 saturated carbocycles. The fourth-order valence-corrected chi connectivity index (χ4v) is 3.07. The Morgan fingerprint density at radius 3 is 2.89 bits per heavy atom. The minimum absolute atomic E-state index is 0.0622. The van der Waals surface area contributed by atoms with Gasteiger partial charge in [0.2, 0.25) is 0 Å². The van der Waals surface area contributed by atoms with Crippen LogP contribution in [0.5, 0.6) is 0 Å². The summed E-state index contributed by atoms with van der Waals surface area (Å²) in [5.74, 6) is -0.532. The van der Waals surface area contributed by atoms with Gasteiger partial charge in [-0.05, 0) is 12.1 Å². The predicted molar refractivity (Wildman–Crippen MR) is 70.7 cm³/mol. The molecule has 8 heteroatoms. The highest BCUT2D eigenvalue weighted by Crippen LogP contribution is 2.36.